The molecule has 2 amide bonds. The number of hydrogen-bond donors (Lipinski definition) is 1. The normalized spacial score (nSPS) is 21.6. The SMILES string of the molecule is CN(Cc1cccnc1)CC1CCN(C(=O)NCC2CCCC2)C1. The molecule has 1 aliphatic heterocycles. The van der Waals surface area contributed by atoms with E-state index in [-0.39, 0.29) is 6.03 Å². The van der Waals surface area contributed by atoms with Crippen LogP contribution in [0.15, 0.2) is 24.5 Å². The van der Waals surface area contributed by atoms with Crippen molar-refractivity contribution < 1.29 is 4.79 Å². The maximum absolute atomic E-state index is 12.3. The summed E-state index contributed by atoms with van der Waals surface area (Å²) in [5.41, 5.74) is 1.24. The van der Waals surface area contributed by atoms with E-state index in [0.717, 1.165) is 39.1 Å². The number of urea groups is 1. The number of hydrogen-bond acceptors (Lipinski definition) is 3. The lowest BCUT2D eigenvalue weighted by Gasteiger charge is -2.22. The average molecular weight is 330 g/mol. The molecule has 1 unspecified atom stereocenters. The summed E-state index contributed by atoms with van der Waals surface area (Å²) in [6.45, 7) is 4.58. The molecule has 3 rings (SSSR count). The lowest BCUT2D eigenvalue weighted by molar-refractivity contribution is 0.202. The van der Waals surface area contributed by atoms with Crippen molar-refractivity contribution in [3.63, 3.8) is 0 Å². The maximum Gasteiger partial charge on any atom is 0.317 e. The largest absolute Gasteiger partial charge is 0.338 e. The van der Waals surface area contributed by atoms with Gasteiger partial charge in [0, 0.05) is 45.1 Å². The first-order valence-electron chi connectivity index (χ1n) is 9.31. The highest BCUT2D eigenvalue weighted by atomic mass is 16.2. The third-order valence-electron chi connectivity index (χ3n) is 5.33. The fourth-order valence-corrected chi connectivity index (χ4v) is 4.03. The monoisotopic (exact) mass is 330 g/mol. The van der Waals surface area contributed by atoms with Gasteiger partial charge in [-0.1, -0.05) is 18.9 Å². The fourth-order valence-electron chi connectivity index (χ4n) is 4.03. The van der Waals surface area contributed by atoms with Crippen LogP contribution in [-0.2, 0) is 6.54 Å². The van der Waals surface area contributed by atoms with E-state index in [1.165, 1.54) is 31.2 Å². The van der Waals surface area contributed by atoms with Gasteiger partial charge in [-0.2, -0.15) is 0 Å². The maximum atomic E-state index is 12.3. The van der Waals surface area contributed by atoms with Gasteiger partial charge in [0.2, 0.25) is 0 Å². The smallest absolute Gasteiger partial charge is 0.317 e. The summed E-state index contributed by atoms with van der Waals surface area (Å²) in [5.74, 6) is 1.28. The molecule has 1 saturated heterocycles. The molecule has 2 fully saturated rings. The predicted molar refractivity (Wildman–Crippen MR) is 95.6 cm³/mol. The molecule has 24 heavy (non-hydrogen) atoms. The summed E-state index contributed by atoms with van der Waals surface area (Å²) >= 11 is 0. The highest BCUT2D eigenvalue weighted by molar-refractivity contribution is 5.74. The molecule has 1 N–H and O–H groups in total. The molecule has 5 nitrogen and oxygen atoms in total. The molecule has 1 aromatic rings. The molecule has 5 heteroatoms. The summed E-state index contributed by atoms with van der Waals surface area (Å²) in [6, 6.07) is 4.23. The van der Waals surface area contributed by atoms with Gasteiger partial charge in [-0.25, -0.2) is 4.79 Å². The first-order chi connectivity index (χ1) is 11.7. The quantitative estimate of drug-likeness (QED) is 0.872. The number of aromatic nitrogens is 1. The number of carbonyl (C=O) groups excluding carboxylic acids is 1. The Morgan fingerprint density at radius 3 is 2.92 bits per heavy atom. The van der Waals surface area contributed by atoms with E-state index in [1.54, 1.807) is 0 Å². The Morgan fingerprint density at radius 1 is 1.33 bits per heavy atom. The molecule has 1 atom stereocenters. The van der Waals surface area contributed by atoms with Crippen LogP contribution in [0.25, 0.3) is 0 Å². The van der Waals surface area contributed by atoms with Crippen LogP contribution in [0.1, 0.15) is 37.7 Å². The van der Waals surface area contributed by atoms with Crippen LogP contribution in [0.3, 0.4) is 0 Å². The molecule has 132 valence electrons. The Labute approximate surface area is 145 Å². The van der Waals surface area contributed by atoms with Crippen LogP contribution in [0.5, 0.6) is 0 Å². The first-order valence-corrected chi connectivity index (χ1v) is 9.31. The van der Waals surface area contributed by atoms with Crippen molar-refractivity contribution >= 4 is 6.03 Å². The fraction of sp³-hybridized carbons (Fsp3) is 0.684. The number of rotatable bonds is 6. The van der Waals surface area contributed by atoms with Gasteiger partial charge < -0.3 is 15.1 Å². The van der Waals surface area contributed by atoms with E-state index in [1.807, 2.05) is 23.4 Å². The van der Waals surface area contributed by atoms with Crippen molar-refractivity contribution in [3.05, 3.63) is 30.1 Å². The first kappa shape index (κ1) is 17.2. The second-order valence-corrected chi connectivity index (χ2v) is 7.50. The molecule has 0 radical (unpaired) electrons. The van der Waals surface area contributed by atoms with Gasteiger partial charge in [0.05, 0.1) is 0 Å². The zero-order valence-electron chi connectivity index (χ0n) is 14.8. The second kappa shape index (κ2) is 8.47. The van der Waals surface area contributed by atoms with Gasteiger partial charge in [0.15, 0.2) is 0 Å². The van der Waals surface area contributed by atoms with Crippen LogP contribution in [0.2, 0.25) is 0 Å². The summed E-state index contributed by atoms with van der Waals surface area (Å²) in [6.07, 6.45) is 10.1. The van der Waals surface area contributed by atoms with Crippen molar-refractivity contribution in [2.24, 2.45) is 11.8 Å². The lowest BCUT2D eigenvalue weighted by atomic mass is 10.1. The number of amides is 2. The standard InChI is InChI=1S/C19H30N4O/c1-22(13-17-7-4-9-20-11-17)14-18-8-10-23(15-18)19(24)21-12-16-5-2-3-6-16/h4,7,9,11,16,18H,2-3,5-6,8,10,12-15H2,1H3,(H,21,24). The predicted octanol–water partition coefficient (Wildman–Crippen LogP) is 2.74. The van der Waals surface area contributed by atoms with Crippen molar-refractivity contribution in [2.45, 2.75) is 38.6 Å². The number of pyridine rings is 1. The molecule has 1 saturated carbocycles. The van der Waals surface area contributed by atoms with E-state index in [9.17, 15) is 4.79 Å². The van der Waals surface area contributed by atoms with Crippen LogP contribution in [-0.4, -0.2) is 54.0 Å². The summed E-state index contributed by atoms with van der Waals surface area (Å²) in [5, 5.41) is 3.15. The third kappa shape index (κ3) is 4.94. The number of nitrogens with one attached hydrogen (secondary N) is 1. The zero-order chi connectivity index (χ0) is 16.8. The number of likely N-dealkylation sites (tertiary alicyclic amines) is 1. The van der Waals surface area contributed by atoms with Crippen molar-refractivity contribution in [1.29, 1.82) is 0 Å². The molecule has 2 aliphatic rings. The van der Waals surface area contributed by atoms with Crippen LogP contribution in [0, 0.1) is 11.8 Å². The molecular formula is C19H30N4O. The molecule has 0 aromatic carbocycles. The Balaban J connectivity index is 1.37. The van der Waals surface area contributed by atoms with Crippen LogP contribution in [0.4, 0.5) is 4.79 Å². The van der Waals surface area contributed by atoms with E-state index >= 15 is 0 Å². The molecule has 0 bridgehead atoms. The van der Waals surface area contributed by atoms with Crippen molar-refractivity contribution in [3.8, 4) is 0 Å². The van der Waals surface area contributed by atoms with Crippen LogP contribution >= 0.6 is 0 Å². The highest BCUT2D eigenvalue weighted by Crippen LogP contribution is 2.24. The number of carbonyl (C=O) groups is 1. The van der Waals surface area contributed by atoms with E-state index in [2.05, 4.69) is 28.3 Å². The molecule has 0 spiro atoms. The topological polar surface area (TPSA) is 48.5 Å². The Morgan fingerprint density at radius 2 is 2.17 bits per heavy atom. The average Bonchev–Trinajstić information content (AvgIpc) is 3.25. The minimum absolute atomic E-state index is 0.138. The minimum atomic E-state index is 0.138. The van der Waals surface area contributed by atoms with E-state index in [4.69, 9.17) is 0 Å². The van der Waals surface area contributed by atoms with E-state index in [0.29, 0.717) is 11.8 Å². The Bertz CT molecular complexity index is 515. The zero-order valence-corrected chi connectivity index (χ0v) is 14.8. The van der Waals surface area contributed by atoms with Gasteiger partial charge in [0.25, 0.3) is 0 Å². The Kier molecular flexibility index (Phi) is 6.07. The summed E-state index contributed by atoms with van der Waals surface area (Å²) < 4.78 is 0. The number of nitrogens with zero attached hydrogens (tertiary/aromatic N) is 3. The van der Waals surface area contributed by atoms with Crippen molar-refractivity contribution in [1.82, 2.24) is 20.1 Å². The molecular weight excluding hydrogens is 300 g/mol. The lowest BCUT2D eigenvalue weighted by Crippen LogP contribution is -2.40. The highest BCUT2D eigenvalue weighted by Gasteiger charge is 2.27. The molecule has 1 aromatic heterocycles. The van der Waals surface area contributed by atoms with Gasteiger partial charge in [-0.3, -0.25) is 4.98 Å². The van der Waals surface area contributed by atoms with Gasteiger partial charge in [-0.15, -0.1) is 0 Å². The van der Waals surface area contributed by atoms with E-state index < -0.39 is 0 Å². The summed E-state index contributed by atoms with van der Waals surface area (Å²) in [7, 11) is 2.15. The minimum Gasteiger partial charge on any atom is -0.338 e. The Hall–Kier alpha value is -1.62. The van der Waals surface area contributed by atoms with Gasteiger partial charge in [0.1, 0.15) is 0 Å². The third-order valence-corrected chi connectivity index (χ3v) is 5.33. The second-order valence-electron chi connectivity index (χ2n) is 7.50. The molecule has 1 aliphatic carbocycles. The van der Waals surface area contributed by atoms with Gasteiger partial charge in [-0.05, 0) is 49.8 Å². The summed E-state index contributed by atoms with van der Waals surface area (Å²) in [4.78, 5) is 20.8. The molecule has 2 heterocycles. The van der Waals surface area contributed by atoms with Crippen LogP contribution < -0.4 is 5.32 Å². The van der Waals surface area contributed by atoms with Gasteiger partial charge >= 0.3 is 6.03 Å². The van der Waals surface area contributed by atoms with Crippen molar-refractivity contribution in [2.75, 3.05) is 33.2 Å².